The van der Waals surface area contributed by atoms with E-state index in [0.717, 1.165) is 26.1 Å². The summed E-state index contributed by atoms with van der Waals surface area (Å²) in [5.74, 6) is 0.617. The molecule has 108 valence electrons. The number of halogens is 1. The lowest BCUT2D eigenvalue weighted by Crippen LogP contribution is -2.46. The number of piperidine rings is 1. The Labute approximate surface area is 124 Å². The standard InChI is InChI=1S/C15H20ClN3O/c16-12-5-6-14(18-9-12)15(20)19-8-2-3-11(10-19)13-4-1-7-17-13/h5-6,9,11,13,17H,1-4,7-8,10H2. The molecule has 2 aliphatic heterocycles. The van der Waals surface area contributed by atoms with Gasteiger partial charge in [0.05, 0.1) is 5.02 Å². The van der Waals surface area contributed by atoms with Gasteiger partial charge in [0.2, 0.25) is 0 Å². The van der Waals surface area contributed by atoms with Crippen molar-refractivity contribution in [1.29, 1.82) is 0 Å². The van der Waals surface area contributed by atoms with Gasteiger partial charge in [0.15, 0.2) is 0 Å². The van der Waals surface area contributed by atoms with Gasteiger partial charge in [-0.25, -0.2) is 4.98 Å². The van der Waals surface area contributed by atoms with Crippen molar-refractivity contribution in [2.45, 2.75) is 31.7 Å². The topological polar surface area (TPSA) is 45.2 Å². The number of hydrogen-bond acceptors (Lipinski definition) is 3. The fraction of sp³-hybridized carbons (Fsp3) is 0.600. The van der Waals surface area contributed by atoms with Crippen LogP contribution in [-0.2, 0) is 0 Å². The number of pyridine rings is 1. The molecule has 0 saturated carbocycles. The molecule has 2 saturated heterocycles. The Hall–Kier alpha value is -1.13. The minimum absolute atomic E-state index is 0.0318. The van der Waals surface area contributed by atoms with Crippen molar-refractivity contribution in [3.63, 3.8) is 0 Å². The zero-order valence-corrected chi connectivity index (χ0v) is 12.3. The Bertz CT molecular complexity index is 471. The highest BCUT2D eigenvalue weighted by Gasteiger charge is 2.31. The quantitative estimate of drug-likeness (QED) is 0.910. The maximum Gasteiger partial charge on any atom is 0.272 e. The molecule has 2 fully saturated rings. The van der Waals surface area contributed by atoms with E-state index in [2.05, 4.69) is 10.3 Å². The third-order valence-electron chi connectivity index (χ3n) is 4.36. The van der Waals surface area contributed by atoms with Crippen molar-refractivity contribution in [2.75, 3.05) is 19.6 Å². The lowest BCUT2D eigenvalue weighted by Gasteiger charge is -2.35. The lowest BCUT2D eigenvalue weighted by atomic mass is 9.89. The van der Waals surface area contributed by atoms with Gasteiger partial charge < -0.3 is 10.2 Å². The van der Waals surface area contributed by atoms with Crippen LogP contribution in [0, 0.1) is 5.92 Å². The first-order chi connectivity index (χ1) is 9.74. The molecule has 3 heterocycles. The maximum absolute atomic E-state index is 12.5. The zero-order chi connectivity index (χ0) is 13.9. The lowest BCUT2D eigenvalue weighted by molar-refractivity contribution is 0.0645. The molecule has 3 rings (SSSR count). The van der Waals surface area contributed by atoms with Gasteiger partial charge in [0.25, 0.3) is 5.91 Å². The van der Waals surface area contributed by atoms with Gasteiger partial charge in [-0.1, -0.05) is 11.6 Å². The van der Waals surface area contributed by atoms with Crippen LogP contribution < -0.4 is 5.32 Å². The Kier molecular flexibility index (Phi) is 4.22. The van der Waals surface area contributed by atoms with Crippen molar-refractivity contribution in [3.05, 3.63) is 29.0 Å². The van der Waals surface area contributed by atoms with Gasteiger partial charge in [0, 0.05) is 25.3 Å². The number of aromatic nitrogens is 1. The highest BCUT2D eigenvalue weighted by Crippen LogP contribution is 2.25. The summed E-state index contributed by atoms with van der Waals surface area (Å²) in [6, 6.07) is 4.02. The number of carbonyl (C=O) groups excluding carboxylic acids is 1. The predicted molar refractivity (Wildman–Crippen MR) is 78.9 cm³/mol. The second kappa shape index (κ2) is 6.10. The van der Waals surface area contributed by atoms with Crippen LogP contribution in [0.4, 0.5) is 0 Å². The zero-order valence-electron chi connectivity index (χ0n) is 11.5. The maximum atomic E-state index is 12.5. The average Bonchev–Trinajstić information content (AvgIpc) is 3.02. The molecular formula is C15H20ClN3O. The third-order valence-corrected chi connectivity index (χ3v) is 4.58. The molecule has 4 nitrogen and oxygen atoms in total. The molecule has 0 bridgehead atoms. The number of nitrogens with zero attached hydrogens (tertiary/aromatic N) is 2. The van der Waals surface area contributed by atoms with Gasteiger partial charge >= 0.3 is 0 Å². The van der Waals surface area contributed by atoms with Crippen LogP contribution in [0.2, 0.25) is 5.02 Å². The smallest absolute Gasteiger partial charge is 0.272 e. The minimum Gasteiger partial charge on any atom is -0.337 e. The van der Waals surface area contributed by atoms with Gasteiger partial charge in [-0.3, -0.25) is 4.79 Å². The molecule has 5 heteroatoms. The Morgan fingerprint density at radius 2 is 2.25 bits per heavy atom. The van der Waals surface area contributed by atoms with Crippen LogP contribution >= 0.6 is 11.6 Å². The number of hydrogen-bond donors (Lipinski definition) is 1. The van der Waals surface area contributed by atoms with Crippen LogP contribution in [0.25, 0.3) is 0 Å². The van der Waals surface area contributed by atoms with Crippen LogP contribution in [-0.4, -0.2) is 41.5 Å². The van der Waals surface area contributed by atoms with Crippen LogP contribution in [0.1, 0.15) is 36.2 Å². The molecule has 0 radical (unpaired) electrons. The van der Waals surface area contributed by atoms with E-state index in [1.54, 1.807) is 12.1 Å². The summed E-state index contributed by atoms with van der Waals surface area (Å²) in [5.41, 5.74) is 0.495. The second-order valence-corrected chi connectivity index (χ2v) is 6.15. The first kappa shape index (κ1) is 13.8. The predicted octanol–water partition coefficient (Wildman–Crippen LogP) is 2.34. The van der Waals surface area contributed by atoms with Gasteiger partial charge in [-0.2, -0.15) is 0 Å². The summed E-state index contributed by atoms with van der Waals surface area (Å²) in [7, 11) is 0. The van der Waals surface area contributed by atoms with E-state index in [1.807, 2.05) is 4.90 Å². The summed E-state index contributed by atoms with van der Waals surface area (Å²) >= 11 is 5.82. The van der Waals surface area contributed by atoms with E-state index in [0.29, 0.717) is 22.7 Å². The largest absolute Gasteiger partial charge is 0.337 e. The highest BCUT2D eigenvalue weighted by atomic mass is 35.5. The normalized spacial score (nSPS) is 26.8. The number of nitrogens with one attached hydrogen (secondary N) is 1. The van der Waals surface area contributed by atoms with E-state index in [1.165, 1.54) is 25.5 Å². The van der Waals surface area contributed by atoms with Crippen molar-refractivity contribution < 1.29 is 4.79 Å². The Morgan fingerprint density at radius 3 is 2.95 bits per heavy atom. The summed E-state index contributed by atoms with van der Waals surface area (Å²) in [6.45, 7) is 2.81. The van der Waals surface area contributed by atoms with Gasteiger partial charge in [0.1, 0.15) is 5.69 Å². The first-order valence-corrected chi connectivity index (χ1v) is 7.76. The number of amides is 1. The van der Waals surface area contributed by atoms with E-state index in [4.69, 9.17) is 11.6 Å². The van der Waals surface area contributed by atoms with Crippen molar-refractivity contribution in [2.24, 2.45) is 5.92 Å². The number of likely N-dealkylation sites (tertiary alicyclic amines) is 1. The summed E-state index contributed by atoms with van der Waals surface area (Å²) in [5, 5.41) is 4.13. The van der Waals surface area contributed by atoms with Crippen LogP contribution in [0.5, 0.6) is 0 Å². The fourth-order valence-corrected chi connectivity index (χ4v) is 3.41. The second-order valence-electron chi connectivity index (χ2n) is 5.72. The molecule has 1 N–H and O–H groups in total. The molecule has 2 aliphatic rings. The summed E-state index contributed by atoms with van der Waals surface area (Å²) in [6.07, 6.45) is 6.34. The van der Waals surface area contributed by atoms with Crippen LogP contribution in [0.15, 0.2) is 18.3 Å². The molecule has 0 aliphatic carbocycles. The molecule has 2 unspecified atom stereocenters. The third kappa shape index (κ3) is 2.96. The molecular weight excluding hydrogens is 274 g/mol. The van der Waals surface area contributed by atoms with E-state index in [-0.39, 0.29) is 5.91 Å². The number of rotatable bonds is 2. The molecule has 1 aromatic heterocycles. The molecule has 0 aromatic carbocycles. The number of carbonyl (C=O) groups is 1. The van der Waals surface area contributed by atoms with Crippen LogP contribution in [0.3, 0.4) is 0 Å². The van der Waals surface area contributed by atoms with Crippen molar-refractivity contribution >= 4 is 17.5 Å². The fourth-order valence-electron chi connectivity index (χ4n) is 3.30. The molecule has 0 spiro atoms. The summed E-state index contributed by atoms with van der Waals surface area (Å²) in [4.78, 5) is 18.6. The van der Waals surface area contributed by atoms with E-state index in [9.17, 15) is 4.79 Å². The van der Waals surface area contributed by atoms with Crippen molar-refractivity contribution in [1.82, 2.24) is 15.2 Å². The molecule has 1 aromatic rings. The van der Waals surface area contributed by atoms with E-state index < -0.39 is 0 Å². The Balaban J connectivity index is 1.66. The van der Waals surface area contributed by atoms with Gasteiger partial charge in [-0.15, -0.1) is 0 Å². The molecule has 1 amide bonds. The minimum atomic E-state index is 0.0318. The monoisotopic (exact) mass is 293 g/mol. The van der Waals surface area contributed by atoms with Gasteiger partial charge in [-0.05, 0) is 50.3 Å². The average molecular weight is 294 g/mol. The highest BCUT2D eigenvalue weighted by molar-refractivity contribution is 6.30. The Morgan fingerprint density at radius 1 is 1.35 bits per heavy atom. The van der Waals surface area contributed by atoms with Crippen molar-refractivity contribution in [3.8, 4) is 0 Å². The van der Waals surface area contributed by atoms with E-state index >= 15 is 0 Å². The summed E-state index contributed by atoms with van der Waals surface area (Å²) < 4.78 is 0. The first-order valence-electron chi connectivity index (χ1n) is 7.38. The molecule has 20 heavy (non-hydrogen) atoms. The SMILES string of the molecule is O=C(c1ccc(Cl)cn1)N1CCCC(C2CCCN2)C1. The molecule has 2 atom stereocenters.